The van der Waals surface area contributed by atoms with Crippen molar-refractivity contribution in [2.24, 2.45) is 5.10 Å². The van der Waals surface area contributed by atoms with Crippen molar-refractivity contribution in [2.45, 2.75) is 6.92 Å². The van der Waals surface area contributed by atoms with Gasteiger partial charge in [-0.15, -0.1) is 0 Å². The molecule has 124 valence electrons. The Morgan fingerprint density at radius 3 is 2.67 bits per heavy atom. The standard InChI is InChI=1S/C17H15ClN2O4/c1-10(11-2-5-15-16(8-11)24-7-6-23-15)19-20-12-3-4-14(18)13(9-12)17(21)22/h2-5,8-9,20H,6-7H2,1H3,(H,21,22)/b19-10-. The zero-order valence-corrected chi connectivity index (χ0v) is 13.6. The number of aromatic carboxylic acids is 1. The van der Waals surface area contributed by atoms with Crippen molar-refractivity contribution >= 4 is 29.0 Å². The number of hydrogen-bond acceptors (Lipinski definition) is 5. The van der Waals surface area contributed by atoms with Crippen LogP contribution < -0.4 is 14.9 Å². The summed E-state index contributed by atoms with van der Waals surface area (Å²) < 4.78 is 11.0. The Labute approximate surface area is 143 Å². The first-order valence-electron chi connectivity index (χ1n) is 7.28. The lowest BCUT2D eigenvalue weighted by Gasteiger charge is -2.18. The fraction of sp³-hybridized carbons (Fsp3) is 0.176. The number of ether oxygens (including phenoxy) is 2. The van der Waals surface area contributed by atoms with Crippen LogP contribution in [0.15, 0.2) is 41.5 Å². The minimum Gasteiger partial charge on any atom is -0.486 e. The molecule has 7 heteroatoms. The van der Waals surface area contributed by atoms with Gasteiger partial charge in [0.15, 0.2) is 11.5 Å². The van der Waals surface area contributed by atoms with Crippen LogP contribution in [0.3, 0.4) is 0 Å². The minimum absolute atomic E-state index is 0.0221. The highest BCUT2D eigenvalue weighted by molar-refractivity contribution is 6.33. The van der Waals surface area contributed by atoms with E-state index in [0.29, 0.717) is 24.7 Å². The molecule has 0 atom stereocenters. The molecule has 0 aromatic heterocycles. The number of rotatable bonds is 4. The van der Waals surface area contributed by atoms with Gasteiger partial charge >= 0.3 is 5.97 Å². The van der Waals surface area contributed by atoms with E-state index in [1.807, 2.05) is 25.1 Å². The summed E-state index contributed by atoms with van der Waals surface area (Å²) in [6.07, 6.45) is 0. The molecule has 2 N–H and O–H groups in total. The van der Waals surface area contributed by atoms with Crippen LogP contribution in [0.5, 0.6) is 11.5 Å². The topological polar surface area (TPSA) is 80.2 Å². The Kier molecular flexibility index (Phi) is 4.57. The number of hydrazone groups is 1. The number of hydrogen-bond donors (Lipinski definition) is 2. The van der Waals surface area contributed by atoms with Crippen LogP contribution in [0.1, 0.15) is 22.8 Å². The number of fused-ring (bicyclic) bond motifs is 1. The Bertz CT molecular complexity index is 820. The summed E-state index contributed by atoms with van der Waals surface area (Å²) >= 11 is 5.85. The lowest BCUT2D eigenvalue weighted by molar-refractivity contribution is 0.0697. The highest BCUT2D eigenvalue weighted by Crippen LogP contribution is 2.31. The zero-order valence-electron chi connectivity index (χ0n) is 12.9. The summed E-state index contributed by atoms with van der Waals surface area (Å²) in [5.74, 6) is 0.318. The predicted octanol–water partition coefficient (Wildman–Crippen LogP) is 3.65. The van der Waals surface area contributed by atoms with E-state index in [0.717, 1.165) is 17.0 Å². The normalized spacial score (nSPS) is 13.5. The molecule has 0 bridgehead atoms. The van der Waals surface area contributed by atoms with Crippen molar-refractivity contribution in [1.29, 1.82) is 0 Å². The maximum absolute atomic E-state index is 11.1. The second-order valence-corrected chi connectivity index (χ2v) is 5.57. The van der Waals surface area contributed by atoms with Gasteiger partial charge in [-0.05, 0) is 43.3 Å². The monoisotopic (exact) mass is 346 g/mol. The van der Waals surface area contributed by atoms with E-state index in [1.54, 1.807) is 6.07 Å². The quantitative estimate of drug-likeness (QED) is 0.652. The van der Waals surface area contributed by atoms with Crippen molar-refractivity contribution in [1.82, 2.24) is 0 Å². The third-order valence-electron chi connectivity index (χ3n) is 3.51. The molecule has 2 aromatic carbocycles. The van der Waals surface area contributed by atoms with Gasteiger partial charge in [-0.3, -0.25) is 5.43 Å². The molecule has 1 aliphatic heterocycles. The van der Waals surface area contributed by atoms with E-state index in [2.05, 4.69) is 10.5 Å². The molecule has 3 rings (SSSR count). The van der Waals surface area contributed by atoms with Crippen LogP contribution in [-0.2, 0) is 0 Å². The fourth-order valence-corrected chi connectivity index (χ4v) is 2.44. The molecule has 0 aliphatic carbocycles. The van der Waals surface area contributed by atoms with E-state index in [-0.39, 0.29) is 10.6 Å². The molecular weight excluding hydrogens is 332 g/mol. The number of carbonyl (C=O) groups is 1. The second-order valence-electron chi connectivity index (χ2n) is 5.17. The van der Waals surface area contributed by atoms with E-state index in [4.69, 9.17) is 26.2 Å². The zero-order chi connectivity index (χ0) is 17.1. The van der Waals surface area contributed by atoms with Gasteiger partial charge in [-0.2, -0.15) is 5.10 Å². The van der Waals surface area contributed by atoms with Crippen molar-refractivity contribution < 1.29 is 19.4 Å². The summed E-state index contributed by atoms with van der Waals surface area (Å²) in [7, 11) is 0. The molecule has 1 heterocycles. The highest BCUT2D eigenvalue weighted by atomic mass is 35.5. The third kappa shape index (κ3) is 3.44. The molecule has 24 heavy (non-hydrogen) atoms. The van der Waals surface area contributed by atoms with Crippen LogP contribution in [0, 0.1) is 0 Å². The van der Waals surface area contributed by atoms with Crippen molar-refractivity contribution in [3.63, 3.8) is 0 Å². The Morgan fingerprint density at radius 2 is 1.92 bits per heavy atom. The molecule has 0 fully saturated rings. The first kappa shape index (κ1) is 16.1. The number of carboxylic acids is 1. The first-order valence-corrected chi connectivity index (χ1v) is 7.65. The predicted molar refractivity (Wildman–Crippen MR) is 91.7 cm³/mol. The molecule has 0 saturated heterocycles. The number of carboxylic acid groups (broad SMARTS) is 1. The Balaban J connectivity index is 1.79. The molecule has 6 nitrogen and oxygen atoms in total. The second kappa shape index (κ2) is 6.80. The fourth-order valence-electron chi connectivity index (χ4n) is 2.24. The molecular formula is C17H15ClN2O4. The number of nitrogens with one attached hydrogen (secondary N) is 1. The maximum atomic E-state index is 11.1. The van der Waals surface area contributed by atoms with Gasteiger partial charge in [0.1, 0.15) is 13.2 Å². The molecule has 0 amide bonds. The van der Waals surface area contributed by atoms with E-state index < -0.39 is 5.97 Å². The molecule has 0 spiro atoms. The highest BCUT2D eigenvalue weighted by Gasteiger charge is 2.13. The summed E-state index contributed by atoms with van der Waals surface area (Å²) in [4.78, 5) is 11.1. The van der Waals surface area contributed by atoms with Crippen LogP contribution in [0.4, 0.5) is 5.69 Å². The molecule has 0 unspecified atom stereocenters. The molecule has 0 saturated carbocycles. The maximum Gasteiger partial charge on any atom is 0.337 e. The van der Waals surface area contributed by atoms with E-state index in [9.17, 15) is 4.79 Å². The van der Waals surface area contributed by atoms with E-state index in [1.165, 1.54) is 12.1 Å². The van der Waals surface area contributed by atoms with E-state index >= 15 is 0 Å². The SMILES string of the molecule is C/C(=N/Nc1ccc(Cl)c(C(=O)O)c1)c1ccc2c(c1)OCCO2. The summed E-state index contributed by atoms with van der Waals surface area (Å²) in [6.45, 7) is 2.91. The molecule has 0 radical (unpaired) electrons. The van der Waals surface area contributed by atoms with Crippen LogP contribution in [-0.4, -0.2) is 30.0 Å². The number of benzene rings is 2. The lowest BCUT2D eigenvalue weighted by atomic mass is 10.1. The van der Waals surface area contributed by atoms with Crippen LogP contribution in [0.25, 0.3) is 0 Å². The summed E-state index contributed by atoms with van der Waals surface area (Å²) in [5.41, 5.74) is 4.99. The van der Waals surface area contributed by atoms with Gasteiger partial charge in [-0.25, -0.2) is 4.79 Å². The lowest BCUT2D eigenvalue weighted by Crippen LogP contribution is -2.15. The van der Waals surface area contributed by atoms with Crippen molar-refractivity contribution in [3.05, 3.63) is 52.5 Å². The largest absolute Gasteiger partial charge is 0.486 e. The average Bonchev–Trinajstić information content (AvgIpc) is 2.60. The minimum atomic E-state index is -1.09. The smallest absolute Gasteiger partial charge is 0.337 e. The van der Waals surface area contributed by atoms with Crippen molar-refractivity contribution in [2.75, 3.05) is 18.6 Å². The van der Waals surface area contributed by atoms with Crippen LogP contribution in [0.2, 0.25) is 5.02 Å². The Morgan fingerprint density at radius 1 is 1.17 bits per heavy atom. The van der Waals surface area contributed by atoms with Gasteiger partial charge in [0.05, 0.1) is 22.0 Å². The number of halogens is 1. The van der Waals surface area contributed by atoms with Gasteiger partial charge in [0.25, 0.3) is 0 Å². The number of nitrogens with zero attached hydrogens (tertiary/aromatic N) is 1. The average molecular weight is 347 g/mol. The van der Waals surface area contributed by atoms with Crippen molar-refractivity contribution in [3.8, 4) is 11.5 Å². The molecule has 2 aromatic rings. The van der Waals surface area contributed by atoms with Gasteiger partial charge < -0.3 is 14.6 Å². The summed E-state index contributed by atoms with van der Waals surface area (Å²) in [6, 6.07) is 10.2. The van der Waals surface area contributed by atoms with Gasteiger partial charge in [-0.1, -0.05) is 11.6 Å². The number of anilines is 1. The van der Waals surface area contributed by atoms with Crippen LogP contribution >= 0.6 is 11.6 Å². The third-order valence-corrected chi connectivity index (χ3v) is 3.84. The molecule has 1 aliphatic rings. The summed E-state index contributed by atoms with van der Waals surface area (Å²) in [5, 5.41) is 13.5. The van der Waals surface area contributed by atoms with Gasteiger partial charge in [0, 0.05) is 5.56 Å². The first-order chi connectivity index (χ1) is 11.5. The van der Waals surface area contributed by atoms with Gasteiger partial charge in [0.2, 0.25) is 0 Å². The Hall–Kier alpha value is -2.73.